The van der Waals surface area contributed by atoms with Crippen LogP contribution in [0.2, 0.25) is 0 Å². The van der Waals surface area contributed by atoms with Gasteiger partial charge in [-0.3, -0.25) is 9.05 Å². The highest BCUT2D eigenvalue weighted by Crippen LogP contribution is 2.47. The first-order chi connectivity index (χ1) is 28.1. The van der Waals surface area contributed by atoms with E-state index in [2.05, 4.69) is 22.0 Å². The molecule has 324 valence electrons. The minimum absolute atomic E-state index is 0.0239. The summed E-state index contributed by atoms with van der Waals surface area (Å²) in [5, 5.41) is 35.7. The number of hydrogen-bond donors (Lipinski definition) is 4. The molecule has 4 rings (SSSR count). The molecule has 0 aliphatic carbocycles. The minimum atomic E-state index is -4.75. The number of nitrogens with two attached hydrogens (primary N) is 1. The van der Waals surface area contributed by atoms with Crippen LogP contribution in [-0.4, -0.2) is 92.6 Å². The van der Waals surface area contributed by atoms with E-state index < -0.39 is 51.1 Å². The van der Waals surface area contributed by atoms with Crippen molar-refractivity contribution < 1.29 is 47.7 Å². The zero-order chi connectivity index (χ0) is 41.8. The van der Waals surface area contributed by atoms with E-state index in [1.165, 1.54) is 114 Å². The van der Waals surface area contributed by atoms with Crippen LogP contribution in [0, 0.1) is 11.3 Å². The smallest absolute Gasteiger partial charge is 0.472 e. The Hall–Kier alpha value is -3.39. The van der Waals surface area contributed by atoms with E-state index in [-0.39, 0.29) is 36.0 Å². The second-order valence-electron chi connectivity index (χ2n) is 15.0. The van der Waals surface area contributed by atoms with Crippen LogP contribution in [0.1, 0.15) is 134 Å². The summed E-state index contributed by atoms with van der Waals surface area (Å²) in [5.74, 6) is 0.664. The molecule has 6 atom stereocenters. The first-order valence-electron chi connectivity index (χ1n) is 21.0. The first kappa shape index (κ1) is 47.3. The molecule has 1 saturated heterocycles. The molecule has 0 bridgehead atoms. The van der Waals surface area contributed by atoms with Crippen LogP contribution >= 0.6 is 7.82 Å². The van der Waals surface area contributed by atoms with Gasteiger partial charge in [0.25, 0.3) is 0 Å². The van der Waals surface area contributed by atoms with Crippen molar-refractivity contribution in [2.75, 3.05) is 39.3 Å². The van der Waals surface area contributed by atoms with Gasteiger partial charge in [-0.2, -0.15) is 10.4 Å². The molecule has 58 heavy (non-hydrogen) atoms. The predicted molar refractivity (Wildman–Crippen MR) is 218 cm³/mol. The number of phosphoric acid groups is 1. The standard InChI is InChI=1S/C41H65N6O10P/c1-4-6-7-8-9-10-11-12-13-14-15-16-17-18-19-20-23-53-27-32(56-31-24-35(52-3)33(25-42)44-26-31)28-54-58(50,51)55-29-36-38(48)39(49)41(5-2,57-36)37-22-21-34-40(43)45-30-46-47(34)37/h21-22,24,26,30,32,36,38-39,48-49H,4-20,23,27-29H2,1-3H3,(H,50,51)(H2,43,45,46)/t32-,36-,38-,39-,41+/m1/s1. The lowest BCUT2D eigenvalue weighted by atomic mass is 9.88. The zero-order valence-electron chi connectivity index (χ0n) is 34.5. The van der Waals surface area contributed by atoms with Crippen molar-refractivity contribution >= 4 is 19.2 Å². The number of aliphatic hydroxyl groups excluding tert-OH is 2. The summed E-state index contributed by atoms with van der Waals surface area (Å²) in [6.07, 6.45) is 18.2. The topological polar surface area (TPSA) is 226 Å². The Bertz CT molecular complexity index is 1740. The average molecular weight is 833 g/mol. The summed E-state index contributed by atoms with van der Waals surface area (Å²) in [6.45, 7) is 3.52. The van der Waals surface area contributed by atoms with Crippen molar-refractivity contribution in [1.29, 1.82) is 5.26 Å². The van der Waals surface area contributed by atoms with Crippen molar-refractivity contribution in [3.05, 3.63) is 42.1 Å². The highest BCUT2D eigenvalue weighted by atomic mass is 31.2. The fourth-order valence-electron chi connectivity index (χ4n) is 7.37. The third kappa shape index (κ3) is 13.8. The summed E-state index contributed by atoms with van der Waals surface area (Å²) in [7, 11) is -3.34. The molecule has 0 saturated carbocycles. The summed E-state index contributed by atoms with van der Waals surface area (Å²) < 4.78 is 48.6. The van der Waals surface area contributed by atoms with E-state index in [0.29, 0.717) is 17.8 Å². The van der Waals surface area contributed by atoms with Crippen molar-refractivity contribution in [2.24, 2.45) is 0 Å². The van der Waals surface area contributed by atoms with Crippen LogP contribution in [-0.2, 0) is 28.7 Å². The van der Waals surface area contributed by atoms with Gasteiger partial charge >= 0.3 is 7.82 Å². The molecule has 3 aromatic rings. The molecule has 1 aliphatic rings. The lowest BCUT2D eigenvalue weighted by Crippen LogP contribution is -2.41. The number of methoxy groups -OCH3 is 1. The molecule has 16 nitrogen and oxygen atoms in total. The van der Waals surface area contributed by atoms with Gasteiger partial charge in [-0.05, 0) is 25.0 Å². The van der Waals surface area contributed by atoms with Crippen LogP contribution in [0.3, 0.4) is 0 Å². The van der Waals surface area contributed by atoms with Crippen molar-refractivity contribution in [3.8, 4) is 17.6 Å². The zero-order valence-corrected chi connectivity index (χ0v) is 35.4. The number of nitriles is 1. The number of nitrogens with zero attached hydrogens (tertiary/aromatic N) is 5. The fourth-order valence-corrected chi connectivity index (χ4v) is 8.13. The van der Waals surface area contributed by atoms with Gasteiger partial charge in [0.2, 0.25) is 0 Å². The molecule has 0 amide bonds. The van der Waals surface area contributed by atoms with Gasteiger partial charge in [0.15, 0.2) is 17.3 Å². The quantitative estimate of drug-likeness (QED) is 0.0386. The Balaban J connectivity index is 1.21. The van der Waals surface area contributed by atoms with E-state index in [1.54, 1.807) is 19.1 Å². The van der Waals surface area contributed by atoms with Gasteiger partial charge in [-0.1, -0.05) is 110 Å². The van der Waals surface area contributed by atoms with Crippen molar-refractivity contribution in [1.82, 2.24) is 19.6 Å². The van der Waals surface area contributed by atoms with E-state index in [9.17, 15) is 24.9 Å². The number of pyridine rings is 1. The summed E-state index contributed by atoms with van der Waals surface area (Å²) in [5.41, 5.74) is 5.55. The summed E-state index contributed by atoms with van der Waals surface area (Å²) in [4.78, 5) is 18.7. The molecule has 1 unspecified atom stereocenters. The molecule has 1 aliphatic heterocycles. The SMILES string of the molecule is CCCCCCCCCCCCCCCCCCOC[C@H](COP(=O)(O)OC[C@H]1O[C@@](CC)(c2ccc3c(N)ncnn23)[C@H](O)[C@@H]1O)Oc1cnc(C#N)c(OC)c1. The van der Waals surface area contributed by atoms with Gasteiger partial charge in [0.05, 0.1) is 38.8 Å². The average Bonchev–Trinajstić information content (AvgIpc) is 3.77. The Labute approximate surface area is 343 Å². The van der Waals surface area contributed by atoms with E-state index in [0.717, 1.165) is 19.3 Å². The number of hydrogen-bond acceptors (Lipinski definition) is 14. The molecule has 1 fully saturated rings. The molecule has 0 aromatic carbocycles. The molecule has 5 N–H and O–H groups in total. The maximum Gasteiger partial charge on any atom is 0.472 e. The van der Waals surface area contributed by atoms with Crippen molar-refractivity contribution in [3.63, 3.8) is 0 Å². The Morgan fingerprint density at radius 3 is 2.19 bits per heavy atom. The lowest BCUT2D eigenvalue weighted by molar-refractivity contribution is -0.103. The van der Waals surface area contributed by atoms with Crippen LogP contribution in [0.15, 0.2) is 30.7 Å². The van der Waals surface area contributed by atoms with E-state index in [4.69, 9.17) is 33.7 Å². The summed E-state index contributed by atoms with van der Waals surface area (Å²) >= 11 is 0. The Kier molecular flexibility index (Phi) is 20.1. The molecule has 4 heterocycles. The van der Waals surface area contributed by atoms with Gasteiger partial charge in [0, 0.05) is 12.7 Å². The number of nitrogen functional groups attached to an aromatic ring is 1. The highest BCUT2D eigenvalue weighted by Gasteiger charge is 2.56. The Morgan fingerprint density at radius 2 is 1.59 bits per heavy atom. The number of aromatic nitrogens is 4. The number of rotatable bonds is 30. The number of ether oxygens (including phenoxy) is 4. The van der Waals surface area contributed by atoms with Gasteiger partial charge in [-0.25, -0.2) is 19.0 Å². The van der Waals surface area contributed by atoms with Crippen LogP contribution < -0.4 is 15.2 Å². The van der Waals surface area contributed by atoms with Gasteiger partial charge in [-0.15, -0.1) is 0 Å². The number of phosphoric ester groups is 1. The minimum Gasteiger partial charge on any atom is -0.494 e. The van der Waals surface area contributed by atoms with Crippen LogP contribution in [0.4, 0.5) is 5.82 Å². The molecule has 17 heteroatoms. The number of aliphatic hydroxyl groups is 2. The maximum absolute atomic E-state index is 13.1. The van der Waals surface area contributed by atoms with E-state index in [1.807, 2.05) is 6.07 Å². The predicted octanol–water partition coefficient (Wildman–Crippen LogP) is 7.17. The molecular weight excluding hydrogens is 767 g/mol. The second kappa shape index (κ2) is 24.6. The molecule has 0 spiro atoms. The molecule has 0 radical (unpaired) electrons. The molecular formula is C41H65N6O10P. The van der Waals surface area contributed by atoms with Crippen LogP contribution in [0.25, 0.3) is 5.52 Å². The van der Waals surface area contributed by atoms with Gasteiger partial charge < -0.3 is 39.8 Å². The monoisotopic (exact) mass is 832 g/mol. The van der Waals surface area contributed by atoms with E-state index >= 15 is 0 Å². The second-order valence-corrected chi connectivity index (χ2v) is 16.5. The number of unbranched alkanes of at least 4 members (excludes halogenated alkanes) is 15. The largest absolute Gasteiger partial charge is 0.494 e. The number of fused-ring (bicyclic) bond motifs is 1. The fraction of sp³-hybridized carbons (Fsp3) is 0.707. The maximum atomic E-state index is 13.1. The van der Waals surface area contributed by atoms with Crippen LogP contribution in [0.5, 0.6) is 11.5 Å². The first-order valence-corrected chi connectivity index (χ1v) is 22.5. The third-order valence-electron chi connectivity index (χ3n) is 10.7. The number of anilines is 1. The lowest BCUT2D eigenvalue weighted by Gasteiger charge is -2.30. The van der Waals surface area contributed by atoms with Gasteiger partial charge in [0.1, 0.15) is 53.7 Å². The highest BCUT2D eigenvalue weighted by molar-refractivity contribution is 7.47. The summed E-state index contributed by atoms with van der Waals surface area (Å²) in [6, 6.07) is 6.78. The normalized spacial score (nSPS) is 20.9. The van der Waals surface area contributed by atoms with Crippen molar-refractivity contribution in [2.45, 2.75) is 153 Å². The molecule has 3 aromatic heterocycles. The third-order valence-corrected chi connectivity index (χ3v) is 11.7. The Morgan fingerprint density at radius 1 is 0.948 bits per heavy atom.